The first-order chi connectivity index (χ1) is 9.15. The van der Waals surface area contributed by atoms with Crippen LogP contribution in [0.1, 0.15) is 24.0 Å². The first kappa shape index (κ1) is 14.4. The Bertz CT molecular complexity index is 479. The zero-order valence-electron chi connectivity index (χ0n) is 11.6. The number of hydrogen-bond acceptors (Lipinski definition) is 3. The Morgan fingerprint density at radius 3 is 2.89 bits per heavy atom. The molecule has 0 bridgehead atoms. The van der Waals surface area contributed by atoms with Crippen LogP contribution in [-0.4, -0.2) is 38.1 Å². The highest BCUT2D eigenvalue weighted by molar-refractivity contribution is 9.08. The Labute approximate surface area is 123 Å². The third-order valence-electron chi connectivity index (χ3n) is 3.80. The maximum Gasteiger partial charge on any atom is 0.101 e. The van der Waals surface area contributed by atoms with E-state index in [9.17, 15) is 5.26 Å². The minimum absolute atomic E-state index is 0.580. The first-order valence-corrected chi connectivity index (χ1v) is 7.78. The summed E-state index contributed by atoms with van der Waals surface area (Å²) in [6.07, 6.45) is 2.43. The highest BCUT2D eigenvalue weighted by Crippen LogP contribution is 2.26. The fourth-order valence-electron chi connectivity index (χ4n) is 2.63. The Morgan fingerprint density at radius 1 is 1.47 bits per heavy atom. The minimum Gasteiger partial charge on any atom is -0.369 e. The lowest BCUT2D eigenvalue weighted by atomic mass is 10.0. The van der Waals surface area contributed by atoms with Crippen LogP contribution in [0.4, 0.5) is 5.69 Å². The molecule has 3 nitrogen and oxygen atoms in total. The first-order valence-electron chi connectivity index (χ1n) is 6.66. The Balaban J connectivity index is 2.24. The molecule has 102 valence electrons. The van der Waals surface area contributed by atoms with Crippen LogP contribution in [0, 0.1) is 11.3 Å². The number of hydrogen-bond donors (Lipinski definition) is 0. The molecule has 0 aliphatic carbocycles. The third-order valence-corrected chi connectivity index (χ3v) is 4.45. The van der Waals surface area contributed by atoms with Gasteiger partial charge in [0.25, 0.3) is 0 Å². The molecule has 0 radical (unpaired) electrons. The highest BCUT2D eigenvalue weighted by atomic mass is 79.9. The molecule has 1 heterocycles. The fraction of sp³-hybridized carbons (Fsp3) is 0.533. The Kier molecular flexibility index (Phi) is 4.84. The molecule has 0 N–H and O–H groups in total. The lowest BCUT2D eigenvalue weighted by molar-refractivity contribution is 0.258. The van der Waals surface area contributed by atoms with E-state index in [1.807, 2.05) is 6.07 Å². The van der Waals surface area contributed by atoms with Gasteiger partial charge in [0.2, 0.25) is 0 Å². The maximum absolute atomic E-state index is 9.34. The topological polar surface area (TPSA) is 30.3 Å². The average molecular weight is 322 g/mol. The smallest absolute Gasteiger partial charge is 0.101 e. The number of piperidine rings is 1. The number of benzene rings is 1. The summed E-state index contributed by atoms with van der Waals surface area (Å²) >= 11 is 3.44. The standard InChI is InChI=1S/C15H20BrN3/c1-18(2)14-4-3-7-19(11-14)15-6-5-12(9-16)8-13(15)10-17/h5-6,8,14H,3-4,7,9,11H2,1-2H3. The number of nitrogens with zero attached hydrogens (tertiary/aromatic N) is 3. The van der Waals surface area contributed by atoms with E-state index < -0.39 is 0 Å². The van der Waals surface area contributed by atoms with E-state index in [4.69, 9.17) is 0 Å². The van der Waals surface area contributed by atoms with Gasteiger partial charge >= 0.3 is 0 Å². The highest BCUT2D eigenvalue weighted by Gasteiger charge is 2.23. The average Bonchev–Trinajstić information content (AvgIpc) is 2.46. The number of nitriles is 1. The van der Waals surface area contributed by atoms with Crippen molar-refractivity contribution in [3.63, 3.8) is 0 Å². The van der Waals surface area contributed by atoms with Gasteiger partial charge in [0.15, 0.2) is 0 Å². The van der Waals surface area contributed by atoms with Crippen LogP contribution >= 0.6 is 15.9 Å². The van der Waals surface area contributed by atoms with Crippen molar-refractivity contribution >= 4 is 21.6 Å². The van der Waals surface area contributed by atoms with Gasteiger partial charge in [-0.15, -0.1) is 0 Å². The summed E-state index contributed by atoms with van der Waals surface area (Å²) < 4.78 is 0. The third kappa shape index (κ3) is 3.29. The van der Waals surface area contributed by atoms with Crippen molar-refractivity contribution in [2.24, 2.45) is 0 Å². The number of likely N-dealkylation sites (N-methyl/N-ethyl adjacent to an activating group) is 1. The van der Waals surface area contributed by atoms with Crippen LogP contribution in [0.3, 0.4) is 0 Å². The molecular weight excluding hydrogens is 302 g/mol. The SMILES string of the molecule is CN(C)C1CCCN(c2ccc(CBr)cc2C#N)C1. The number of alkyl halides is 1. The summed E-state index contributed by atoms with van der Waals surface area (Å²) in [6.45, 7) is 2.06. The lowest BCUT2D eigenvalue weighted by Gasteiger charge is -2.37. The van der Waals surface area contributed by atoms with Crippen LogP contribution in [0.15, 0.2) is 18.2 Å². The normalized spacial score (nSPS) is 19.5. The molecule has 19 heavy (non-hydrogen) atoms. The second-order valence-corrected chi connectivity index (χ2v) is 5.86. The van der Waals surface area contributed by atoms with Gasteiger partial charge in [0.1, 0.15) is 6.07 Å². The van der Waals surface area contributed by atoms with Crippen molar-refractivity contribution < 1.29 is 0 Å². The summed E-state index contributed by atoms with van der Waals surface area (Å²) in [4.78, 5) is 4.63. The van der Waals surface area contributed by atoms with Crippen LogP contribution in [-0.2, 0) is 5.33 Å². The Morgan fingerprint density at radius 2 is 2.26 bits per heavy atom. The minimum atomic E-state index is 0.580. The molecule has 4 heteroatoms. The van der Waals surface area contributed by atoms with Crippen LogP contribution in [0.2, 0.25) is 0 Å². The van der Waals surface area contributed by atoms with Gasteiger partial charge in [0.05, 0.1) is 11.3 Å². The zero-order chi connectivity index (χ0) is 13.8. The van der Waals surface area contributed by atoms with Crippen molar-refractivity contribution in [1.82, 2.24) is 4.90 Å². The van der Waals surface area contributed by atoms with Gasteiger partial charge in [-0.05, 0) is 44.6 Å². The zero-order valence-corrected chi connectivity index (χ0v) is 13.2. The van der Waals surface area contributed by atoms with E-state index in [0.717, 1.165) is 35.2 Å². The van der Waals surface area contributed by atoms with Gasteiger partial charge in [-0.1, -0.05) is 22.0 Å². The van der Waals surface area contributed by atoms with Gasteiger partial charge < -0.3 is 9.80 Å². The molecule has 1 fully saturated rings. The van der Waals surface area contributed by atoms with E-state index in [2.05, 4.69) is 58.0 Å². The van der Waals surface area contributed by atoms with Crippen molar-refractivity contribution in [3.05, 3.63) is 29.3 Å². The summed E-state index contributed by atoms with van der Waals surface area (Å²) in [5.41, 5.74) is 3.02. The molecule has 1 aromatic rings. The predicted octanol–water partition coefficient (Wildman–Crippen LogP) is 2.98. The lowest BCUT2D eigenvalue weighted by Crippen LogP contribution is -2.45. The molecule has 0 amide bonds. The predicted molar refractivity (Wildman–Crippen MR) is 82.7 cm³/mol. The molecule has 1 saturated heterocycles. The molecule has 2 rings (SSSR count). The van der Waals surface area contributed by atoms with Crippen LogP contribution in [0.25, 0.3) is 0 Å². The van der Waals surface area contributed by atoms with Crippen molar-refractivity contribution in [2.75, 3.05) is 32.1 Å². The van der Waals surface area contributed by atoms with Crippen LogP contribution < -0.4 is 4.90 Å². The van der Waals surface area contributed by atoms with E-state index in [0.29, 0.717) is 6.04 Å². The Hall–Kier alpha value is -1.05. The van der Waals surface area contributed by atoms with Gasteiger partial charge in [-0.3, -0.25) is 0 Å². The van der Waals surface area contributed by atoms with E-state index in [-0.39, 0.29) is 0 Å². The molecule has 1 aliphatic heterocycles. The van der Waals surface area contributed by atoms with E-state index in [1.54, 1.807) is 0 Å². The molecule has 1 atom stereocenters. The number of halogens is 1. The number of rotatable bonds is 3. The van der Waals surface area contributed by atoms with Crippen molar-refractivity contribution in [3.8, 4) is 6.07 Å². The van der Waals surface area contributed by atoms with Gasteiger partial charge in [-0.25, -0.2) is 0 Å². The second-order valence-electron chi connectivity index (χ2n) is 5.30. The summed E-state index contributed by atoms with van der Waals surface area (Å²) in [5, 5.41) is 10.1. The second kappa shape index (κ2) is 6.40. The summed E-state index contributed by atoms with van der Waals surface area (Å²) in [7, 11) is 4.26. The summed E-state index contributed by atoms with van der Waals surface area (Å²) in [6, 6.07) is 9.10. The molecule has 1 unspecified atom stereocenters. The van der Waals surface area contributed by atoms with Gasteiger partial charge in [-0.2, -0.15) is 5.26 Å². The largest absolute Gasteiger partial charge is 0.369 e. The molecule has 1 aromatic carbocycles. The molecule has 1 aliphatic rings. The molecule has 0 aromatic heterocycles. The van der Waals surface area contributed by atoms with Crippen molar-refractivity contribution in [1.29, 1.82) is 5.26 Å². The van der Waals surface area contributed by atoms with Crippen LogP contribution in [0.5, 0.6) is 0 Å². The van der Waals surface area contributed by atoms with Gasteiger partial charge in [0, 0.05) is 24.5 Å². The van der Waals surface area contributed by atoms with E-state index >= 15 is 0 Å². The number of anilines is 1. The van der Waals surface area contributed by atoms with Crippen molar-refractivity contribution in [2.45, 2.75) is 24.2 Å². The monoisotopic (exact) mass is 321 g/mol. The van der Waals surface area contributed by atoms with E-state index in [1.165, 1.54) is 12.8 Å². The maximum atomic E-state index is 9.34. The summed E-state index contributed by atoms with van der Waals surface area (Å²) in [5.74, 6) is 0. The molecule has 0 spiro atoms. The molecule has 0 saturated carbocycles. The molecular formula is C15H20BrN3. The quantitative estimate of drug-likeness (QED) is 0.802. The fourth-order valence-corrected chi connectivity index (χ4v) is 2.98.